The fraction of sp³-hybridized carbons (Fsp3) is 0. The lowest BCUT2D eigenvalue weighted by atomic mass is 10.2. The maximum absolute atomic E-state index is 12.5. The van der Waals surface area contributed by atoms with E-state index in [4.69, 9.17) is 4.74 Å². The van der Waals surface area contributed by atoms with Crippen LogP contribution in [0.1, 0.15) is 10.4 Å². The average Bonchev–Trinajstić information content (AvgIpc) is 2.64. The maximum Gasteiger partial charge on any atom is 0.335 e. The van der Waals surface area contributed by atoms with E-state index in [0.29, 0.717) is 5.75 Å². The summed E-state index contributed by atoms with van der Waals surface area (Å²) in [6.07, 6.45) is 0. The molecule has 0 unspecified atom stereocenters. The molecule has 6 nitrogen and oxygen atoms in total. The molecule has 0 aliphatic carbocycles. The first-order chi connectivity index (χ1) is 12.5. The Bertz CT molecular complexity index is 1020. The van der Waals surface area contributed by atoms with Crippen LogP contribution < -0.4 is 9.46 Å². The third-order valence-electron chi connectivity index (χ3n) is 3.50. The Hall–Kier alpha value is -3.32. The number of para-hydroxylation sites is 1. The zero-order valence-electron chi connectivity index (χ0n) is 13.5. The van der Waals surface area contributed by atoms with Crippen molar-refractivity contribution in [1.82, 2.24) is 0 Å². The van der Waals surface area contributed by atoms with Gasteiger partial charge in [0.15, 0.2) is 5.75 Å². The summed E-state index contributed by atoms with van der Waals surface area (Å²) >= 11 is 0. The van der Waals surface area contributed by atoms with Crippen molar-refractivity contribution in [2.24, 2.45) is 0 Å². The van der Waals surface area contributed by atoms with Gasteiger partial charge < -0.3 is 9.84 Å². The van der Waals surface area contributed by atoms with Crippen LogP contribution in [0.2, 0.25) is 0 Å². The molecule has 0 radical (unpaired) electrons. The number of aromatic carboxylic acids is 1. The van der Waals surface area contributed by atoms with Crippen molar-refractivity contribution in [2.75, 3.05) is 4.72 Å². The molecule has 0 aromatic heterocycles. The van der Waals surface area contributed by atoms with Crippen LogP contribution in [-0.2, 0) is 10.0 Å². The van der Waals surface area contributed by atoms with Crippen molar-refractivity contribution in [2.45, 2.75) is 4.90 Å². The van der Waals surface area contributed by atoms with E-state index in [0.717, 1.165) is 0 Å². The van der Waals surface area contributed by atoms with Gasteiger partial charge in [0.25, 0.3) is 10.0 Å². The summed E-state index contributed by atoms with van der Waals surface area (Å²) in [7, 11) is -3.84. The number of hydrogen-bond acceptors (Lipinski definition) is 4. The van der Waals surface area contributed by atoms with Crippen LogP contribution in [0.3, 0.4) is 0 Å². The van der Waals surface area contributed by atoms with Crippen LogP contribution in [0.5, 0.6) is 11.5 Å². The lowest BCUT2D eigenvalue weighted by Crippen LogP contribution is -2.13. The summed E-state index contributed by atoms with van der Waals surface area (Å²) in [4.78, 5) is 11.3. The van der Waals surface area contributed by atoms with E-state index in [1.54, 1.807) is 48.5 Å². The first-order valence-electron chi connectivity index (χ1n) is 7.64. The van der Waals surface area contributed by atoms with Gasteiger partial charge in [0, 0.05) is 0 Å². The zero-order valence-corrected chi connectivity index (χ0v) is 14.3. The summed E-state index contributed by atoms with van der Waals surface area (Å²) in [5, 5.41) is 9.18. The highest BCUT2D eigenvalue weighted by atomic mass is 32.2. The van der Waals surface area contributed by atoms with Gasteiger partial charge in [0.2, 0.25) is 0 Å². The van der Waals surface area contributed by atoms with E-state index in [2.05, 4.69) is 4.72 Å². The number of hydrogen-bond donors (Lipinski definition) is 2. The van der Waals surface area contributed by atoms with Crippen molar-refractivity contribution in [3.63, 3.8) is 0 Å². The Labute approximate surface area is 150 Å². The fourth-order valence-corrected chi connectivity index (χ4v) is 3.33. The van der Waals surface area contributed by atoms with E-state index >= 15 is 0 Å². The average molecular weight is 369 g/mol. The zero-order chi connectivity index (χ0) is 18.6. The monoisotopic (exact) mass is 369 g/mol. The Morgan fingerprint density at radius 2 is 1.50 bits per heavy atom. The molecule has 3 aromatic rings. The van der Waals surface area contributed by atoms with Gasteiger partial charge in [-0.1, -0.05) is 36.4 Å². The SMILES string of the molecule is O=C(O)c1ccc(NS(=O)(=O)c2ccccc2)c(Oc2ccccc2)c1. The van der Waals surface area contributed by atoms with Gasteiger partial charge in [-0.15, -0.1) is 0 Å². The van der Waals surface area contributed by atoms with Crippen LogP contribution in [0.25, 0.3) is 0 Å². The lowest BCUT2D eigenvalue weighted by molar-refractivity contribution is 0.0696. The van der Waals surface area contributed by atoms with Crippen LogP contribution in [0.4, 0.5) is 5.69 Å². The van der Waals surface area contributed by atoms with Crippen LogP contribution >= 0.6 is 0 Å². The van der Waals surface area contributed by atoms with E-state index in [-0.39, 0.29) is 21.9 Å². The van der Waals surface area contributed by atoms with Gasteiger partial charge in [-0.05, 0) is 42.5 Å². The predicted molar refractivity (Wildman–Crippen MR) is 97.2 cm³/mol. The number of ether oxygens (including phenoxy) is 1. The summed E-state index contributed by atoms with van der Waals surface area (Å²) in [5.74, 6) is -0.591. The summed E-state index contributed by atoms with van der Waals surface area (Å²) in [6, 6.07) is 20.5. The molecule has 7 heteroatoms. The van der Waals surface area contributed by atoms with Gasteiger partial charge in [-0.25, -0.2) is 13.2 Å². The molecule has 2 N–H and O–H groups in total. The third kappa shape index (κ3) is 4.01. The summed E-state index contributed by atoms with van der Waals surface area (Å²) in [5.41, 5.74) is 0.126. The van der Waals surface area contributed by atoms with Gasteiger partial charge >= 0.3 is 5.97 Å². The third-order valence-corrected chi connectivity index (χ3v) is 4.88. The highest BCUT2D eigenvalue weighted by Crippen LogP contribution is 2.32. The summed E-state index contributed by atoms with van der Waals surface area (Å²) < 4.78 is 33.2. The second kappa shape index (κ2) is 7.28. The first-order valence-corrected chi connectivity index (χ1v) is 9.12. The normalized spacial score (nSPS) is 10.9. The quantitative estimate of drug-likeness (QED) is 0.686. The number of carboxylic acid groups (broad SMARTS) is 1. The number of carbonyl (C=O) groups is 1. The molecule has 0 heterocycles. The Kier molecular flexibility index (Phi) is 4.90. The molecular weight excluding hydrogens is 354 g/mol. The molecule has 3 aromatic carbocycles. The minimum atomic E-state index is -3.84. The Morgan fingerprint density at radius 1 is 0.885 bits per heavy atom. The molecule has 0 aliphatic heterocycles. The van der Waals surface area contributed by atoms with Crippen molar-refractivity contribution in [3.05, 3.63) is 84.4 Å². The van der Waals surface area contributed by atoms with E-state index < -0.39 is 16.0 Å². The van der Waals surface area contributed by atoms with Crippen molar-refractivity contribution >= 4 is 21.7 Å². The molecule has 0 saturated carbocycles. The predicted octanol–water partition coefficient (Wildman–Crippen LogP) is 3.98. The van der Waals surface area contributed by atoms with Gasteiger partial charge in [0.05, 0.1) is 16.1 Å². The molecule has 0 fully saturated rings. The van der Waals surface area contributed by atoms with E-state index in [1.807, 2.05) is 0 Å². The molecule has 0 bridgehead atoms. The Balaban J connectivity index is 1.99. The number of carboxylic acids is 1. The molecule has 0 atom stereocenters. The topological polar surface area (TPSA) is 92.7 Å². The molecule has 3 rings (SSSR count). The molecule has 0 aliphatic rings. The number of nitrogens with one attached hydrogen (secondary N) is 1. The van der Waals surface area contributed by atoms with E-state index in [1.165, 1.54) is 30.3 Å². The van der Waals surface area contributed by atoms with Gasteiger partial charge in [-0.3, -0.25) is 4.72 Å². The van der Waals surface area contributed by atoms with Crippen molar-refractivity contribution < 1.29 is 23.1 Å². The minimum Gasteiger partial charge on any atom is -0.478 e. The number of anilines is 1. The molecule has 0 amide bonds. The standard InChI is InChI=1S/C19H15NO5S/c21-19(22)14-11-12-17(18(13-14)25-15-7-3-1-4-8-15)20-26(23,24)16-9-5-2-6-10-16/h1-13,20H,(H,21,22). The van der Waals surface area contributed by atoms with E-state index in [9.17, 15) is 18.3 Å². The largest absolute Gasteiger partial charge is 0.478 e. The van der Waals surface area contributed by atoms with Crippen molar-refractivity contribution in [3.8, 4) is 11.5 Å². The van der Waals surface area contributed by atoms with Crippen LogP contribution in [-0.4, -0.2) is 19.5 Å². The van der Waals surface area contributed by atoms with Gasteiger partial charge in [-0.2, -0.15) is 0 Å². The summed E-state index contributed by atoms with van der Waals surface area (Å²) in [6.45, 7) is 0. The van der Waals surface area contributed by atoms with Crippen LogP contribution in [0, 0.1) is 0 Å². The molecule has 26 heavy (non-hydrogen) atoms. The number of sulfonamides is 1. The maximum atomic E-state index is 12.5. The van der Waals surface area contributed by atoms with Crippen LogP contribution in [0.15, 0.2) is 83.8 Å². The smallest absolute Gasteiger partial charge is 0.335 e. The minimum absolute atomic E-state index is 0.0152. The molecule has 0 saturated heterocycles. The lowest BCUT2D eigenvalue weighted by Gasteiger charge is -2.14. The molecular formula is C19H15NO5S. The fourth-order valence-electron chi connectivity index (χ4n) is 2.24. The Morgan fingerprint density at radius 3 is 2.12 bits per heavy atom. The first kappa shape index (κ1) is 17.5. The highest BCUT2D eigenvalue weighted by molar-refractivity contribution is 7.92. The molecule has 132 valence electrons. The second-order valence-electron chi connectivity index (χ2n) is 5.35. The number of benzene rings is 3. The molecule has 0 spiro atoms. The second-order valence-corrected chi connectivity index (χ2v) is 7.03. The van der Waals surface area contributed by atoms with Crippen molar-refractivity contribution in [1.29, 1.82) is 0 Å². The number of rotatable bonds is 6. The van der Waals surface area contributed by atoms with Gasteiger partial charge in [0.1, 0.15) is 5.75 Å². The highest BCUT2D eigenvalue weighted by Gasteiger charge is 2.18.